The highest BCUT2D eigenvalue weighted by molar-refractivity contribution is 5.84. The molecule has 4 rings (SSSR count). The monoisotopic (exact) mass is 519 g/mol. The standard InChI is InChI=1S/C30H41N5O3/c1-2-7-28(25-12-9-23(10-13-25)26-14-11-24-15-16-32-27(24)22-26)35(30(37)34-20-17-31-18-21-34)19-6-4-3-5-8-29(36)33-38/h9-16,22,28,31-32,38H,2-8,17-21H2,1H3,(H,33,36). The van der Waals surface area contributed by atoms with Crippen molar-refractivity contribution in [1.82, 2.24) is 25.6 Å². The molecule has 0 spiro atoms. The summed E-state index contributed by atoms with van der Waals surface area (Å²) in [6.07, 6.45) is 7.60. The Morgan fingerprint density at radius 1 is 1.00 bits per heavy atom. The van der Waals surface area contributed by atoms with Gasteiger partial charge in [-0.05, 0) is 53.5 Å². The third kappa shape index (κ3) is 7.14. The number of unbranched alkanes of at least 4 members (excludes halogenated alkanes) is 3. The third-order valence-electron chi connectivity index (χ3n) is 7.43. The molecular weight excluding hydrogens is 478 g/mol. The maximum absolute atomic E-state index is 13.8. The van der Waals surface area contributed by atoms with E-state index < -0.39 is 0 Å². The highest BCUT2D eigenvalue weighted by atomic mass is 16.5. The van der Waals surface area contributed by atoms with Crippen molar-refractivity contribution in [2.75, 3.05) is 32.7 Å². The molecule has 3 aromatic rings. The van der Waals surface area contributed by atoms with Crippen LogP contribution in [0.15, 0.2) is 54.7 Å². The van der Waals surface area contributed by atoms with Gasteiger partial charge in [0, 0.05) is 50.9 Å². The van der Waals surface area contributed by atoms with E-state index in [0.717, 1.165) is 75.8 Å². The van der Waals surface area contributed by atoms with Gasteiger partial charge in [-0.3, -0.25) is 10.0 Å². The van der Waals surface area contributed by atoms with Crippen LogP contribution in [-0.2, 0) is 4.79 Å². The van der Waals surface area contributed by atoms with Crippen LogP contribution in [0.1, 0.15) is 63.5 Å². The molecular formula is C30H41N5O3. The van der Waals surface area contributed by atoms with Crippen LogP contribution in [0.25, 0.3) is 22.0 Å². The Hall–Kier alpha value is -3.36. The summed E-state index contributed by atoms with van der Waals surface area (Å²) in [6, 6.07) is 17.4. The minimum absolute atomic E-state index is 0.0162. The summed E-state index contributed by atoms with van der Waals surface area (Å²) in [5.41, 5.74) is 6.31. The van der Waals surface area contributed by atoms with Crippen LogP contribution in [0, 0.1) is 0 Å². The maximum Gasteiger partial charge on any atom is 0.320 e. The zero-order valence-electron chi connectivity index (χ0n) is 22.4. The SMILES string of the molecule is CCCC(c1ccc(-c2ccc3cc[nH]c3c2)cc1)N(CCCCCCC(=O)NO)C(=O)N1CCNCC1. The number of carbonyl (C=O) groups excluding carboxylic acids is 2. The van der Waals surface area contributed by atoms with Gasteiger partial charge in [0.15, 0.2) is 0 Å². The van der Waals surface area contributed by atoms with Crippen LogP contribution < -0.4 is 10.8 Å². The summed E-state index contributed by atoms with van der Waals surface area (Å²) in [4.78, 5) is 32.4. The van der Waals surface area contributed by atoms with Gasteiger partial charge in [0.1, 0.15) is 0 Å². The molecule has 8 heteroatoms. The van der Waals surface area contributed by atoms with E-state index in [-0.39, 0.29) is 18.0 Å². The molecule has 8 nitrogen and oxygen atoms in total. The summed E-state index contributed by atoms with van der Waals surface area (Å²) >= 11 is 0. The Morgan fingerprint density at radius 3 is 2.47 bits per heavy atom. The average molecular weight is 520 g/mol. The van der Waals surface area contributed by atoms with Gasteiger partial charge >= 0.3 is 6.03 Å². The van der Waals surface area contributed by atoms with E-state index in [1.54, 1.807) is 5.48 Å². The van der Waals surface area contributed by atoms with Crippen molar-refractivity contribution >= 4 is 22.8 Å². The van der Waals surface area contributed by atoms with Crippen LogP contribution in [0.2, 0.25) is 0 Å². The fourth-order valence-corrected chi connectivity index (χ4v) is 5.30. The van der Waals surface area contributed by atoms with Gasteiger partial charge in [-0.2, -0.15) is 0 Å². The molecule has 1 fully saturated rings. The Balaban J connectivity index is 1.49. The zero-order valence-corrected chi connectivity index (χ0v) is 22.4. The van der Waals surface area contributed by atoms with Crippen molar-refractivity contribution < 1.29 is 14.8 Å². The topological polar surface area (TPSA) is 101 Å². The zero-order chi connectivity index (χ0) is 26.7. The van der Waals surface area contributed by atoms with Gasteiger partial charge in [-0.15, -0.1) is 0 Å². The summed E-state index contributed by atoms with van der Waals surface area (Å²) < 4.78 is 0. The number of piperazine rings is 1. The molecule has 2 aromatic carbocycles. The van der Waals surface area contributed by atoms with E-state index in [0.29, 0.717) is 13.0 Å². The normalized spacial score (nSPS) is 14.4. The van der Waals surface area contributed by atoms with Gasteiger partial charge in [0.2, 0.25) is 5.91 Å². The Labute approximate surface area is 225 Å². The first kappa shape index (κ1) is 27.7. The molecule has 1 aliphatic rings. The third-order valence-corrected chi connectivity index (χ3v) is 7.43. The Bertz CT molecular complexity index is 1170. The number of urea groups is 1. The van der Waals surface area contributed by atoms with Gasteiger partial charge in [-0.25, -0.2) is 10.3 Å². The molecule has 2 heterocycles. The number of nitrogens with one attached hydrogen (secondary N) is 3. The van der Waals surface area contributed by atoms with Crippen molar-refractivity contribution in [3.63, 3.8) is 0 Å². The van der Waals surface area contributed by atoms with Crippen LogP contribution in [-0.4, -0.2) is 64.7 Å². The van der Waals surface area contributed by atoms with Crippen LogP contribution in [0.3, 0.4) is 0 Å². The Morgan fingerprint density at radius 2 is 1.74 bits per heavy atom. The van der Waals surface area contributed by atoms with Crippen molar-refractivity contribution in [2.24, 2.45) is 0 Å². The first-order valence-electron chi connectivity index (χ1n) is 14.0. The quantitative estimate of drug-likeness (QED) is 0.145. The number of aromatic nitrogens is 1. The van der Waals surface area contributed by atoms with E-state index in [9.17, 15) is 9.59 Å². The number of rotatable bonds is 12. The number of carbonyl (C=O) groups is 2. The van der Waals surface area contributed by atoms with Gasteiger partial charge < -0.3 is 20.1 Å². The molecule has 4 N–H and O–H groups in total. The summed E-state index contributed by atoms with van der Waals surface area (Å²) in [5, 5.41) is 13.2. The largest absolute Gasteiger partial charge is 0.361 e. The lowest BCUT2D eigenvalue weighted by Gasteiger charge is -2.38. The first-order chi connectivity index (χ1) is 18.6. The number of fused-ring (bicyclic) bond motifs is 1. The summed E-state index contributed by atoms with van der Waals surface area (Å²) in [5.74, 6) is -0.347. The highest BCUT2D eigenvalue weighted by Crippen LogP contribution is 2.31. The number of amides is 3. The van der Waals surface area contributed by atoms with Crippen LogP contribution in [0.5, 0.6) is 0 Å². The molecule has 1 atom stereocenters. The highest BCUT2D eigenvalue weighted by Gasteiger charge is 2.29. The van der Waals surface area contributed by atoms with Crippen molar-refractivity contribution in [1.29, 1.82) is 0 Å². The second-order valence-electron chi connectivity index (χ2n) is 10.1. The van der Waals surface area contributed by atoms with Gasteiger partial charge in [-0.1, -0.05) is 62.6 Å². The average Bonchev–Trinajstić information content (AvgIpc) is 3.44. The smallest absolute Gasteiger partial charge is 0.320 e. The van der Waals surface area contributed by atoms with Crippen molar-refractivity contribution in [2.45, 2.75) is 57.9 Å². The van der Waals surface area contributed by atoms with Crippen molar-refractivity contribution in [3.05, 3.63) is 60.3 Å². The second kappa shape index (κ2) is 14.0. The number of hydrogen-bond donors (Lipinski definition) is 4. The van der Waals surface area contributed by atoms with E-state index >= 15 is 0 Å². The molecule has 0 saturated carbocycles. The number of benzene rings is 2. The van der Waals surface area contributed by atoms with Crippen LogP contribution >= 0.6 is 0 Å². The number of hydrogen-bond acceptors (Lipinski definition) is 4. The molecule has 0 bridgehead atoms. The molecule has 204 valence electrons. The molecule has 0 aliphatic carbocycles. The molecule has 1 aliphatic heterocycles. The minimum atomic E-state index is -0.347. The fourth-order valence-electron chi connectivity index (χ4n) is 5.30. The number of aromatic amines is 1. The lowest BCUT2D eigenvalue weighted by atomic mass is 9.96. The second-order valence-corrected chi connectivity index (χ2v) is 10.1. The van der Waals surface area contributed by atoms with E-state index in [1.165, 1.54) is 16.5 Å². The lowest BCUT2D eigenvalue weighted by Crippen LogP contribution is -2.52. The lowest BCUT2D eigenvalue weighted by molar-refractivity contribution is -0.129. The molecule has 3 amide bonds. The van der Waals surface area contributed by atoms with E-state index in [2.05, 4.69) is 70.7 Å². The summed E-state index contributed by atoms with van der Waals surface area (Å²) in [6.45, 7) is 5.96. The molecule has 1 aromatic heterocycles. The predicted octanol–water partition coefficient (Wildman–Crippen LogP) is 5.46. The van der Waals surface area contributed by atoms with Crippen molar-refractivity contribution in [3.8, 4) is 11.1 Å². The number of nitrogens with zero attached hydrogens (tertiary/aromatic N) is 2. The fraction of sp³-hybridized carbons (Fsp3) is 0.467. The maximum atomic E-state index is 13.8. The summed E-state index contributed by atoms with van der Waals surface area (Å²) in [7, 11) is 0. The molecule has 1 saturated heterocycles. The minimum Gasteiger partial charge on any atom is -0.361 e. The Kier molecular flexibility index (Phi) is 10.2. The molecule has 0 radical (unpaired) electrons. The molecule has 1 unspecified atom stereocenters. The van der Waals surface area contributed by atoms with E-state index in [1.807, 2.05) is 11.1 Å². The van der Waals surface area contributed by atoms with Gasteiger partial charge in [0.05, 0.1) is 6.04 Å². The first-order valence-corrected chi connectivity index (χ1v) is 14.0. The molecule has 38 heavy (non-hydrogen) atoms. The number of H-pyrrole nitrogens is 1. The predicted molar refractivity (Wildman–Crippen MR) is 151 cm³/mol. The number of hydroxylamine groups is 1. The van der Waals surface area contributed by atoms with Crippen LogP contribution in [0.4, 0.5) is 4.79 Å². The van der Waals surface area contributed by atoms with Gasteiger partial charge in [0.25, 0.3) is 0 Å². The van der Waals surface area contributed by atoms with E-state index in [4.69, 9.17) is 5.21 Å².